The van der Waals surface area contributed by atoms with Gasteiger partial charge in [0.15, 0.2) is 0 Å². The average Bonchev–Trinajstić information content (AvgIpc) is 2.29. The fourth-order valence-electron chi connectivity index (χ4n) is 1.99. The van der Waals surface area contributed by atoms with Gasteiger partial charge in [0.1, 0.15) is 5.82 Å². The maximum atomic E-state index is 13.8. The smallest absolute Gasteiger partial charge is 0.225 e. The standard InChI is InChI=1S/C13H16FN3O2.ClH/c1-7(15)4-13(19)17-11-6-10-8(5-9(11)14)2-3-12(18)16-10;/h5-7H,2-4,15H2,1H3,(H,16,18)(H,17,19);1H. The molecule has 20 heavy (non-hydrogen) atoms. The van der Waals surface area contributed by atoms with Crippen LogP contribution in [-0.4, -0.2) is 17.9 Å². The van der Waals surface area contributed by atoms with Crippen molar-refractivity contribution in [2.45, 2.75) is 32.2 Å². The summed E-state index contributed by atoms with van der Waals surface area (Å²) in [5, 5.41) is 5.12. The molecule has 0 radical (unpaired) electrons. The number of fused-ring (bicyclic) bond motifs is 1. The first kappa shape index (κ1) is 16.4. The van der Waals surface area contributed by atoms with Gasteiger partial charge in [0.05, 0.1) is 5.69 Å². The Morgan fingerprint density at radius 1 is 1.50 bits per heavy atom. The Morgan fingerprint density at radius 2 is 2.20 bits per heavy atom. The monoisotopic (exact) mass is 301 g/mol. The predicted octanol–water partition coefficient (Wildman–Crippen LogP) is 1.81. The summed E-state index contributed by atoms with van der Waals surface area (Å²) in [5.41, 5.74) is 6.85. The molecule has 1 aromatic carbocycles. The number of hydrogen-bond donors (Lipinski definition) is 3. The van der Waals surface area contributed by atoms with Crippen LogP contribution >= 0.6 is 12.4 Å². The minimum atomic E-state index is -0.507. The highest BCUT2D eigenvalue weighted by molar-refractivity contribution is 5.96. The second-order valence-corrected chi connectivity index (χ2v) is 4.77. The van der Waals surface area contributed by atoms with Crippen molar-refractivity contribution in [3.05, 3.63) is 23.5 Å². The molecular weight excluding hydrogens is 285 g/mol. The van der Waals surface area contributed by atoms with E-state index in [4.69, 9.17) is 5.73 Å². The van der Waals surface area contributed by atoms with E-state index in [-0.39, 0.29) is 42.4 Å². The van der Waals surface area contributed by atoms with Crippen molar-refractivity contribution >= 4 is 35.6 Å². The van der Waals surface area contributed by atoms with E-state index in [9.17, 15) is 14.0 Å². The van der Waals surface area contributed by atoms with Crippen LogP contribution in [0.5, 0.6) is 0 Å². The number of rotatable bonds is 3. The van der Waals surface area contributed by atoms with Crippen LogP contribution in [0.3, 0.4) is 0 Å². The van der Waals surface area contributed by atoms with Gasteiger partial charge in [0, 0.05) is 24.6 Å². The molecule has 1 aliphatic heterocycles. The number of benzene rings is 1. The Bertz CT molecular complexity index is 535. The second kappa shape index (κ2) is 6.67. The molecule has 2 amide bonds. The zero-order valence-electron chi connectivity index (χ0n) is 11.0. The highest BCUT2D eigenvalue weighted by Gasteiger charge is 2.18. The van der Waals surface area contributed by atoms with E-state index in [2.05, 4.69) is 10.6 Å². The van der Waals surface area contributed by atoms with Crippen molar-refractivity contribution < 1.29 is 14.0 Å². The first-order valence-electron chi connectivity index (χ1n) is 6.13. The molecule has 0 aromatic heterocycles. The zero-order valence-corrected chi connectivity index (χ0v) is 11.8. The lowest BCUT2D eigenvalue weighted by Gasteiger charge is -2.18. The lowest BCUT2D eigenvalue weighted by molar-refractivity contribution is -0.117. The van der Waals surface area contributed by atoms with E-state index in [0.717, 1.165) is 5.56 Å². The second-order valence-electron chi connectivity index (χ2n) is 4.77. The third kappa shape index (κ3) is 3.91. The van der Waals surface area contributed by atoms with Crippen molar-refractivity contribution in [3.63, 3.8) is 0 Å². The van der Waals surface area contributed by atoms with Crippen LogP contribution in [0.2, 0.25) is 0 Å². The summed E-state index contributed by atoms with van der Waals surface area (Å²) in [5.74, 6) is -0.962. The minimum absolute atomic E-state index is 0. The molecular formula is C13H17ClFN3O2. The van der Waals surface area contributed by atoms with Crippen LogP contribution in [0, 0.1) is 5.82 Å². The summed E-state index contributed by atoms with van der Waals surface area (Å²) in [7, 11) is 0. The van der Waals surface area contributed by atoms with Crippen LogP contribution in [0.1, 0.15) is 25.3 Å². The Kier molecular flexibility index (Phi) is 5.47. The molecule has 1 unspecified atom stereocenters. The van der Waals surface area contributed by atoms with Crippen molar-refractivity contribution in [2.75, 3.05) is 10.6 Å². The van der Waals surface area contributed by atoms with Crippen molar-refractivity contribution in [1.29, 1.82) is 0 Å². The molecule has 1 aliphatic rings. The summed E-state index contributed by atoms with van der Waals surface area (Å²) < 4.78 is 13.8. The SMILES string of the molecule is CC(N)CC(=O)Nc1cc2c(cc1F)CCC(=O)N2.Cl. The normalized spacial score (nSPS) is 14.7. The van der Waals surface area contributed by atoms with Gasteiger partial charge < -0.3 is 16.4 Å². The van der Waals surface area contributed by atoms with Crippen molar-refractivity contribution in [3.8, 4) is 0 Å². The van der Waals surface area contributed by atoms with Crippen LogP contribution in [0.4, 0.5) is 15.8 Å². The Morgan fingerprint density at radius 3 is 2.85 bits per heavy atom. The molecule has 0 bridgehead atoms. The van der Waals surface area contributed by atoms with Crippen molar-refractivity contribution in [2.24, 2.45) is 5.73 Å². The summed E-state index contributed by atoms with van der Waals surface area (Å²) in [6.45, 7) is 1.70. The first-order chi connectivity index (χ1) is 8.95. The molecule has 5 nitrogen and oxygen atoms in total. The first-order valence-corrected chi connectivity index (χ1v) is 6.13. The summed E-state index contributed by atoms with van der Waals surface area (Å²) >= 11 is 0. The van der Waals surface area contributed by atoms with Gasteiger partial charge in [0.25, 0.3) is 0 Å². The number of carbonyl (C=O) groups excluding carboxylic acids is 2. The topological polar surface area (TPSA) is 84.2 Å². The molecule has 0 spiro atoms. The molecule has 110 valence electrons. The molecule has 0 saturated heterocycles. The highest BCUT2D eigenvalue weighted by atomic mass is 35.5. The number of nitrogens with one attached hydrogen (secondary N) is 2. The summed E-state index contributed by atoms with van der Waals surface area (Å²) in [6.07, 6.45) is 0.970. The van der Waals surface area contributed by atoms with Gasteiger partial charge >= 0.3 is 0 Å². The van der Waals surface area contributed by atoms with Crippen LogP contribution in [0.25, 0.3) is 0 Å². The fourth-order valence-corrected chi connectivity index (χ4v) is 1.99. The summed E-state index contributed by atoms with van der Waals surface area (Å²) in [4.78, 5) is 22.8. The van der Waals surface area contributed by atoms with Gasteiger partial charge in [-0.2, -0.15) is 0 Å². The number of nitrogens with two attached hydrogens (primary N) is 1. The Balaban J connectivity index is 0.00000200. The van der Waals surface area contributed by atoms with Gasteiger partial charge in [-0.25, -0.2) is 4.39 Å². The van der Waals surface area contributed by atoms with Crippen LogP contribution < -0.4 is 16.4 Å². The lowest BCUT2D eigenvalue weighted by Crippen LogP contribution is -2.25. The number of aryl methyl sites for hydroxylation is 1. The maximum Gasteiger partial charge on any atom is 0.225 e. The maximum absolute atomic E-state index is 13.8. The quantitative estimate of drug-likeness (QED) is 0.796. The van der Waals surface area contributed by atoms with Crippen molar-refractivity contribution in [1.82, 2.24) is 0 Å². The Labute approximate surface area is 122 Å². The van der Waals surface area contributed by atoms with Gasteiger partial charge in [-0.05, 0) is 31.0 Å². The van der Waals surface area contributed by atoms with Crippen LogP contribution in [0.15, 0.2) is 12.1 Å². The number of hydrogen-bond acceptors (Lipinski definition) is 3. The van der Waals surface area contributed by atoms with E-state index in [1.165, 1.54) is 12.1 Å². The number of anilines is 2. The third-order valence-corrected chi connectivity index (χ3v) is 2.87. The third-order valence-electron chi connectivity index (χ3n) is 2.87. The minimum Gasteiger partial charge on any atom is -0.327 e. The number of amides is 2. The average molecular weight is 302 g/mol. The fraction of sp³-hybridized carbons (Fsp3) is 0.385. The van der Waals surface area contributed by atoms with E-state index in [0.29, 0.717) is 18.5 Å². The molecule has 7 heteroatoms. The molecule has 0 saturated carbocycles. The van der Waals surface area contributed by atoms with Gasteiger partial charge in [0.2, 0.25) is 11.8 Å². The van der Waals surface area contributed by atoms with Gasteiger partial charge in [-0.1, -0.05) is 0 Å². The molecule has 0 aliphatic carbocycles. The largest absolute Gasteiger partial charge is 0.327 e. The molecule has 1 aromatic rings. The highest BCUT2D eigenvalue weighted by Crippen LogP contribution is 2.28. The van der Waals surface area contributed by atoms with Gasteiger partial charge in [-0.15, -0.1) is 12.4 Å². The van der Waals surface area contributed by atoms with E-state index < -0.39 is 5.82 Å². The lowest BCUT2D eigenvalue weighted by atomic mass is 10.0. The van der Waals surface area contributed by atoms with Gasteiger partial charge in [-0.3, -0.25) is 9.59 Å². The predicted molar refractivity (Wildman–Crippen MR) is 77.5 cm³/mol. The van der Waals surface area contributed by atoms with E-state index >= 15 is 0 Å². The summed E-state index contributed by atoms with van der Waals surface area (Å²) in [6, 6.07) is 2.50. The molecule has 1 heterocycles. The van der Waals surface area contributed by atoms with E-state index in [1.807, 2.05) is 0 Å². The number of halogens is 2. The number of carbonyl (C=O) groups is 2. The van der Waals surface area contributed by atoms with Crippen LogP contribution in [-0.2, 0) is 16.0 Å². The molecule has 4 N–H and O–H groups in total. The Hall–Kier alpha value is -1.66. The molecule has 2 rings (SSSR count). The molecule has 0 fully saturated rings. The molecule has 1 atom stereocenters. The zero-order chi connectivity index (χ0) is 14.0. The van der Waals surface area contributed by atoms with E-state index in [1.54, 1.807) is 6.92 Å².